The minimum absolute atomic E-state index is 0.285. The summed E-state index contributed by atoms with van der Waals surface area (Å²) in [4.78, 5) is 2.75. The maximum Gasteiger partial charge on any atom is 0.119 e. The molecule has 0 amide bonds. The van der Waals surface area contributed by atoms with Crippen LogP contribution in [0.25, 0.3) is 11.6 Å². The highest BCUT2D eigenvalue weighted by molar-refractivity contribution is 6.76. The molecule has 6 atom stereocenters. The number of ether oxygens (including phenoxy) is 1. The fourth-order valence-corrected chi connectivity index (χ4v) is 15.1. The van der Waals surface area contributed by atoms with Crippen molar-refractivity contribution in [3.8, 4) is 0 Å². The van der Waals surface area contributed by atoms with Gasteiger partial charge < -0.3 is 9.64 Å². The Morgan fingerprint density at radius 2 is 1.82 bits per heavy atom. The third-order valence-corrected chi connectivity index (χ3v) is 17.8. The van der Waals surface area contributed by atoms with Crippen LogP contribution < -0.4 is 5.19 Å². The molecule has 4 heteroatoms. The summed E-state index contributed by atoms with van der Waals surface area (Å²) in [6.07, 6.45) is 38.9. The SMILES string of the molecule is C[Si]1c2ccccc2C2C=C(N(C3=CC=C(c4ccc5c(c4)CCC=C5)CC3)C3C=CC4=C(C3)[Si]C3=CCC5C6=C(C=CCC6)OC5C34)C=CC21. The van der Waals surface area contributed by atoms with Crippen LogP contribution in [0.3, 0.4) is 0 Å². The summed E-state index contributed by atoms with van der Waals surface area (Å²) in [6.45, 7) is 2.52. The van der Waals surface area contributed by atoms with Crippen molar-refractivity contribution in [2.45, 2.75) is 81.5 Å². The van der Waals surface area contributed by atoms with Crippen LogP contribution in [0.1, 0.15) is 73.1 Å². The van der Waals surface area contributed by atoms with E-state index < -0.39 is 8.80 Å². The second kappa shape index (κ2) is 12.0. The molecule has 0 saturated heterocycles. The quantitative estimate of drug-likeness (QED) is 0.296. The van der Waals surface area contributed by atoms with Gasteiger partial charge in [-0.25, -0.2) is 0 Å². The van der Waals surface area contributed by atoms with Crippen molar-refractivity contribution < 1.29 is 4.74 Å². The van der Waals surface area contributed by atoms with Crippen LogP contribution in [0, 0.1) is 11.8 Å². The lowest BCUT2D eigenvalue weighted by molar-refractivity contribution is 0.0884. The molecule has 3 aliphatic heterocycles. The van der Waals surface area contributed by atoms with Gasteiger partial charge in [-0.15, -0.1) is 0 Å². The number of rotatable bonds is 4. The number of aryl methyl sites for hydroxylation is 1. The van der Waals surface area contributed by atoms with Crippen LogP contribution in [0.5, 0.6) is 0 Å². The first-order valence-corrected chi connectivity index (χ1v) is 22.5. The molecular formula is C47H44NOSi2. The molecule has 3 radical (unpaired) electrons. The molecule has 2 aromatic rings. The normalized spacial score (nSPS) is 31.0. The second-order valence-corrected chi connectivity index (χ2v) is 19.9. The molecule has 0 bridgehead atoms. The van der Waals surface area contributed by atoms with Gasteiger partial charge in [0.05, 0.1) is 14.8 Å². The van der Waals surface area contributed by atoms with Crippen molar-refractivity contribution in [3.63, 3.8) is 0 Å². The molecule has 0 aromatic heterocycles. The van der Waals surface area contributed by atoms with E-state index in [1.807, 2.05) is 0 Å². The molecular weight excluding hydrogens is 651 g/mol. The van der Waals surface area contributed by atoms with Gasteiger partial charge in [0.25, 0.3) is 0 Å². The van der Waals surface area contributed by atoms with Gasteiger partial charge >= 0.3 is 0 Å². The first kappa shape index (κ1) is 30.5. The minimum atomic E-state index is -0.616. The van der Waals surface area contributed by atoms with E-state index >= 15 is 0 Å². The van der Waals surface area contributed by atoms with Crippen molar-refractivity contribution in [2.24, 2.45) is 11.8 Å². The third-order valence-electron chi connectivity index (χ3n) is 13.3. The Bertz CT molecular complexity index is 2180. The predicted molar refractivity (Wildman–Crippen MR) is 213 cm³/mol. The Balaban J connectivity index is 0.935. The number of hydrogen-bond donors (Lipinski definition) is 0. The highest BCUT2D eigenvalue weighted by Gasteiger charge is 2.49. The summed E-state index contributed by atoms with van der Waals surface area (Å²) in [5, 5.41) is 4.95. The average Bonchev–Trinajstić information content (AvgIpc) is 3.84. The molecule has 11 rings (SSSR count). The number of benzene rings is 2. The lowest BCUT2D eigenvalue weighted by atomic mass is 9.75. The highest BCUT2D eigenvalue weighted by atomic mass is 28.3. The van der Waals surface area contributed by atoms with Crippen molar-refractivity contribution in [2.75, 3.05) is 0 Å². The van der Waals surface area contributed by atoms with Gasteiger partial charge in [0.1, 0.15) is 21.4 Å². The van der Waals surface area contributed by atoms with Crippen molar-refractivity contribution >= 4 is 35.2 Å². The highest BCUT2D eigenvalue weighted by Crippen LogP contribution is 2.53. The third kappa shape index (κ3) is 4.85. The van der Waals surface area contributed by atoms with E-state index in [0.29, 0.717) is 29.3 Å². The number of nitrogens with zero attached hydrogens (tertiary/aromatic N) is 1. The zero-order chi connectivity index (χ0) is 33.6. The Morgan fingerprint density at radius 3 is 2.76 bits per heavy atom. The van der Waals surface area contributed by atoms with E-state index in [-0.39, 0.29) is 6.10 Å². The Kier molecular flexibility index (Phi) is 7.15. The van der Waals surface area contributed by atoms with E-state index in [4.69, 9.17) is 4.74 Å². The van der Waals surface area contributed by atoms with Gasteiger partial charge in [-0.3, -0.25) is 0 Å². The van der Waals surface area contributed by atoms with Gasteiger partial charge in [-0.2, -0.15) is 0 Å². The molecule has 3 heterocycles. The molecule has 2 nitrogen and oxygen atoms in total. The summed E-state index contributed by atoms with van der Waals surface area (Å²) < 4.78 is 6.79. The summed E-state index contributed by atoms with van der Waals surface area (Å²) in [5.41, 5.74) is 14.0. The fraction of sp³-hybridized carbons (Fsp3) is 0.319. The maximum absolute atomic E-state index is 6.79. The predicted octanol–water partition coefficient (Wildman–Crippen LogP) is 9.79. The summed E-state index contributed by atoms with van der Waals surface area (Å²) in [5.74, 6) is 2.66. The Hall–Kier alpha value is -4.13. The van der Waals surface area contributed by atoms with Gasteiger partial charge in [0.15, 0.2) is 0 Å². The monoisotopic (exact) mass is 694 g/mol. The number of allylic oxidation sites excluding steroid dienone is 12. The van der Waals surface area contributed by atoms with Crippen molar-refractivity contribution in [3.05, 3.63) is 170 Å². The lowest BCUT2D eigenvalue weighted by Crippen LogP contribution is -2.36. The number of hydrogen-bond acceptors (Lipinski definition) is 2. The van der Waals surface area contributed by atoms with Crippen molar-refractivity contribution in [1.82, 2.24) is 4.90 Å². The molecule has 51 heavy (non-hydrogen) atoms. The largest absolute Gasteiger partial charge is 0.489 e. The van der Waals surface area contributed by atoms with Crippen LogP contribution in [0.4, 0.5) is 0 Å². The molecule has 2 aromatic carbocycles. The minimum Gasteiger partial charge on any atom is -0.489 e. The van der Waals surface area contributed by atoms with Crippen LogP contribution in [-0.4, -0.2) is 35.4 Å². The second-order valence-electron chi connectivity index (χ2n) is 15.9. The van der Waals surface area contributed by atoms with E-state index in [1.165, 1.54) is 45.8 Å². The van der Waals surface area contributed by atoms with E-state index in [2.05, 4.69) is 127 Å². The Morgan fingerprint density at radius 1 is 0.902 bits per heavy atom. The molecule has 0 saturated carbocycles. The molecule has 0 fully saturated rings. The summed E-state index contributed by atoms with van der Waals surface area (Å²) in [6, 6.07) is 16.8. The first-order chi connectivity index (χ1) is 25.2. The van der Waals surface area contributed by atoms with Crippen molar-refractivity contribution in [1.29, 1.82) is 0 Å². The molecule has 6 aliphatic carbocycles. The fourth-order valence-electron chi connectivity index (χ4n) is 10.8. The zero-order valence-electron chi connectivity index (χ0n) is 29.4. The topological polar surface area (TPSA) is 12.5 Å². The standard InChI is InChI=1S/C47H44NOSi2/c1-51-44-13-7-5-11-37(44)40-27-34(21-25-45(40)51)48(33-18-16-30(17-19-33)32-15-14-29-8-2-3-9-31(29)26-32)35-20-22-39-43(28-35)50-42-24-23-38-36-10-4-6-12-41(36)49-47(38)46(39)42/h2,5-8,11-16,18,20-22,24-27,35,38,40,45-47H,3-4,9-10,17,19,23,28H2,1H3. The molecule has 6 unspecified atom stereocenters. The van der Waals surface area contributed by atoms with E-state index in [1.54, 1.807) is 32.3 Å². The lowest BCUT2D eigenvalue weighted by Gasteiger charge is -2.40. The number of fused-ring (bicyclic) bond motifs is 9. The Labute approximate surface area is 307 Å². The van der Waals surface area contributed by atoms with E-state index in [0.717, 1.165) is 54.5 Å². The van der Waals surface area contributed by atoms with E-state index in [9.17, 15) is 0 Å². The average molecular weight is 695 g/mol. The molecule has 0 N–H and O–H groups in total. The van der Waals surface area contributed by atoms with Crippen LogP contribution in [0.2, 0.25) is 12.1 Å². The molecule has 9 aliphatic rings. The van der Waals surface area contributed by atoms with Crippen LogP contribution >= 0.6 is 0 Å². The van der Waals surface area contributed by atoms with Gasteiger partial charge in [-0.05, 0) is 114 Å². The van der Waals surface area contributed by atoms with Crippen LogP contribution in [0.15, 0.2) is 148 Å². The zero-order valence-corrected chi connectivity index (χ0v) is 31.4. The summed E-state index contributed by atoms with van der Waals surface area (Å²) in [7, 11) is 0.186. The maximum atomic E-state index is 6.79. The molecule has 251 valence electrons. The smallest absolute Gasteiger partial charge is 0.119 e. The van der Waals surface area contributed by atoms with Gasteiger partial charge in [-0.1, -0.05) is 119 Å². The van der Waals surface area contributed by atoms with Crippen LogP contribution in [-0.2, 0) is 11.2 Å². The first-order valence-electron chi connectivity index (χ1n) is 19.4. The summed E-state index contributed by atoms with van der Waals surface area (Å²) >= 11 is 0. The van der Waals surface area contributed by atoms with Gasteiger partial charge in [0.2, 0.25) is 0 Å². The molecule has 0 spiro atoms. The van der Waals surface area contributed by atoms with Gasteiger partial charge in [0, 0.05) is 29.1 Å².